The topological polar surface area (TPSA) is 110 Å². The molecule has 0 unspecified atom stereocenters. The average molecular weight is 1430 g/mol. The SMILES string of the molecule is c1ccc(-c2cc(-c3ccccc3)nc(-c3ccc(-c4ccc5c(c4)c4ccccc4n5-c4cccc(-n5c6ccccc6c6ccccc65)c4)cn3)n2)cc1.c1ccc(-c2cc(-c3ccccc3)nc(-c3cnc(-c4ccc5c(c4)c4ccccc4n5-c4cccc(-n5c6ccccc6c6ccccc65)c4)cn3)n2)cc1. The highest BCUT2D eigenvalue weighted by molar-refractivity contribution is 6.13. The molecule has 0 spiro atoms. The van der Waals surface area contributed by atoms with Gasteiger partial charge in [0.25, 0.3) is 0 Å². The number of nitrogens with zero attached hydrogens (tertiary/aromatic N) is 11. The van der Waals surface area contributed by atoms with Crippen LogP contribution in [0.3, 0.4) is 0 Å². The van der Waals surface area contributed by atoms with Crippen molar-refractivity contribution >= 4 is 87.2 Å². The predicted molar refractivity (Wildman–Crippen MR) is 458 cm³/mol. The van der Waals surface area contributed by atoms with Crippen molar-refractivity contribution in [1.82, 2.24) is 53.2 Å². The molecule has 112 heavy (non-hydrogen) atoms. The summed E-state index contributed by atoms with van der Waals surface area (Å²) in [5, 5.41) is 9.73. The lowest BCUT2D eigenvalue weighted by atomic mass is 10.0. The quantitative estimate of drug-likeness (QED) is 0.120. The van der Waals surface area contributed by atoms with E-state index < -0.39 is 0 Å². The van der Waals surface area contributed by atoms with Gasteiger partial charge in [0.15, 0.2) is 11.6 Å². The summed E-state index contributed by atoms with van der Waals surface area (Å²) in [5.41, 5.74) is 26.6. The minimum absolute atomic E-state index is 0.533. The van der Waals surface area contributed by atoms with E-state index in [4.69, 9.17) is 34.9 Å². The van der Waals surface area contributed by atoms with Gasteiger partial charge in [-0.25, -0.2) is 24.9 Å². The van der Waals surface area contributed by atoms with Gasteiger partial charge in [0.2, 0.25) is 0 Å². The normalized spacial score (nSPS) is 11.6. The summed E-state index contributed by atoms with van der Waals surface area (Å²) in [6.07, 6.45) is 5.54. The third kappa shape index (κ3) is 11.5. The Labute approximate surface area is 644 Å². The van der Waals surface area contributed by atoms with Crippen molar-refractivity contribution in [3.63, 3.8) is 0 Å². The maximum absolute atomic E-state index is 4.98. The Morgan fingerprint density at radius 2 is 0.429 bits per heavy atom. The van der Waals surface area contributed by atoms with Crippen molar-refractivity contribution < 1.29 is 0 Å². The van der Waals surface area contributed by atoms with Gasteiger partial charge in [-0.05, 0) is 121 Å². The van der Waals surface area contributed by atoms with Crippen molar-refractivity contribution in [2.75, 3.05) is 0 Å². The molecule has 11 nitrogen and oxygen atoms in total. The molecule has 22 aromatic rings. The maximum Gasteiger partial charge on any atom is 0.180 e. The summed E-state index contributed by atoms with van der Waals surface area (Å²) in [7, 11) is 0. The lowest BCUT2D eigenvalue weighted by Crippen LogP contribution is -1.99. The Balaban J connectivity index is 0.000000141. The molecule has 22 rings (SSSR count). The molecule has 0 saturated heterocycles. The van der Waals surface area contributed by atoms with Gasteiger partial charge in [0, 0.05) is 105 Å². The largest absolute Gasteiger partial charge is 0.309 e. The van der Waals surface area contributed by atoms with Crippen molar-refractivity contribution in [2.24, 2.45) is 0 Å². The lowest BCUT2D eigenvalue weighted by molar-refractivity contribution is 1.12. The van der Waals surface area contributed by atoms with Crippen LogP contribution in [0, 0.1) is 0 Å². The fourth-order valence-corrected chi connectivity index (χ4v) is 16.2. The number of rotatable bonds is 12. The third-order valence-electron chi connectivity index (χ3n) is 21.4. The van der Waals surface area contributed by atoms with Crippen LogP contribution < -0.4 is 0 Å². The van der Waals surface area contributed by atoms with Crippen LogP contribution in [0.4, 0.5) is 0 Å². The van der Waals surface area contributed by atoms with E-state index in [0.29, 0.717) is 17.3 Å². The van der Waals surface area contributed by atoms with Gasteiger partial charge >= 0.3 is 0 Å². The van der Waals surface area contributed by atoms with E-state index >= 15 is 0 Å². The van der Waals surface area contributed by atoms with Crippen LogP contribution in [-0.2, 0) is 0 Å². The molecule has 8 aromatic heterocycles. The molecule has 8 heterocycles. The summed E-state index contributed by atoms with van der Waals surface area (Å²) in [4.78, 5) is 34.6. The molecular weight excluding hydrogens is 1370 g/mol. The Kier molecular flexibility index (Phi) is 15.9. The fraction of sp³-hybridized carbons (Fsp3) is 0. The Bertz CT molecular complexity index is 6690. The molecule has 0 bridgehead atoms. The molecule has 0 N–H and O–H groups in total. The second-order valence-corrected chi connectivity index (χ2v) is 28.1. The van der Waals surface area contributed by atoms with Crippen molar-refractivity contribution in [1.29, 1.82) is 0 Å². The zero-order chi connectivity index (χ0) is 74.0. The van der Waals surface area contributed by atoms with Gasteiger partial charge in [-0.1, -0.05) is 261 Å². The zero-order valence-corrected chi connectivity index (χ0v) is 60.4. The minimum atomic E-state index is 0.533. The molecular formula is C101H65N11. The van der Waals surface area contributed by atoms with E-state index in [1.54, 1.807) is 6.20 Å². The van der Waals surface area contributed by atoms with E-state index in [1.165, 1.54) is 59.8 Å². The Morgan fingerprint density at radius 3 is 0.768 bits per heavy atom. The summed E-state index contributed by atoms with van der Waals surface area (Å²) in [5.74, 6) is 1.13. The van der Waals surface area contributed by atoms with Gasteiger partial charge in [-0.3, -0.25) is 9.97 Å². The minimum Gasteiger partial charge on any atom is -0.309 e. The summed E-state index contributed by atoms with van der Waals surface area (Å²) in [6.45, 7) is 0. The molecule has 0 radical (unpaired) electrons. The number of fused-ring (bicyclic) bond motifs is 12. The first-order chi connectivity index (χ1) is 55.5. The van der Waals surface area contributed by atoms with Crippen LogP contribution in [0.25, 0.3) is 200 Å². The first kappa shape index (κ1) is 65.0. The highest BCUT2D eigenvalue weighted by Crippen LogP contribution is 2.41. The molecule has 0 amide bonds. The predicted octanol–water partition coefficient (Wildman–Crippen LogP) is 24.9. The monoisotopic (exact) mass is 1430 g/mol. The standard InChI is InChI=1S/C51H33N5.C50H32N6/c1-3-14-34(15-4-1)45-32-46(35-16-5-2-6-17-35)54-51(53-45)44-28-26-37(33-52-44)36-27-29-50-43(30-36)42-22-9-12-25-49(42)56(50)39-19-13-18-38(31-39)55-47-23-10-7-20-40(47)41-21-8-11-24-48(41)55;1-3-14-33(15-4-1)42-30-43(34-16-5-2-6-17-34)54-50(53-42)45-32-51-44(31-52-45)35-26-27-49-41(28-35)40-22-9-12-25-48(40)56(49)37-19-13-18-36(29-37)55-46-23-10-7-20-38(46)39-21-8-11-24-47(39)55/h1-33H;1-32H. The van der Waals surface area contributed by atoms with Crippen LogP contribution in [0.5, 0.6) is 0 Å². The van der Waals surface area contributed by atoms with Crippen molar-refractivity contribution in [2.45, 2.75) is 0 Å². The van der Waals surface area contributed by atoms with E-state index in [0.717, 1.165) is 123 Å². The van der Waals surface area contributed by atoms with Crippen LogP contribution in [-0.4, -0.2) is 53.2 Å². The van der Waals surface area contributed by atoms with Gasteiger partial charge in [0.05, 0.1) is 85.0 Å². The fourth-order valence-electron chi connectivity index (χ4n) is 16.2. The highest BCUT2D eigenvalue weighted by atomic mass is 15.0. The molecule has 524 valence electrons. The van der Waals surface area contributed by atoms with Gasteiger partial charge in [-0.2, -0.15) is 0 Å². The molecule has 0 saturated carbocycles. The van der Waals surface area contributed by atoms with E-state index in [9.17, 15) is 0 Å². The number of benzene rings is 14. The molecule has 0 fully saturated rings. The summed E-state index contributed by atoms with van der Waals surface area (Å²) < 4.78 is 9.49. The third-order valence-corrected chi connectivity index (χ3v) is 21.4. The summed E-state index contributed by atoms with van der Waals surface area (Å²) in [6, 6.07) is 132. The molecule has 14 aromatic carbocycles. The number of aromatic nitrogens is 11. The van der Waals surface area contributed by atoms with E-state index in [-0.39, 0.29) is 0 Å². The molecule has 0 aliphatic heterocycles. The number of pyridine rings is 1. The molecule has 0 aliphatic rings. The van der Waals surface area contributed by atoms with E-state index in [1.807, 2.05) is 97.3 Å². The lowest BCUT2D eigenvalue weighted by Gasteiger charge is -2.13. The van der Waals surface area contributed by atoms with Crippen LogP contribution in [0.2, 0.25) is 0 Å². The number of hydrogen-bond acceptors (Lipinski definition) is 7. The number of hydrogen-bond donors (Lipinski definition) is 0. The maximum atomic E-state index is 4.98. The van der Waals surface area contributed by atoms with Crippen molar-refractivity contribution in [3.05, 3.63) is 395 Å². The first-order valence-corrected chi connectivity index (χ1v) is 37.6. The molecule has 11 heteroatoms. The summed E-state index contributed by atoms with van der Waals surface area (Å²) >= 11 is 0. The van der Waals surface area contributed by atoms with Crippen molar-refractivity contribution in [3.8, 4) is 113 Å². The second kappa shape index (κ2) is 27.5. The van der Waals surface area contributed by atoms with Gasteiger partial charge in [-0.15, -0.1) is 0 Å². The van der Waals surface area contributed by atoms with E-state index in [2.05, 4.69) is 309 Å². The van der Waals surface area contributed by atoms with Crippen LogP contribution in [0.15, 0.2) is 395 Å². The molecule has 0 aliphatic carbocycles. The Hall–Kier alpha value is -15.3. The van der Waals surface area contributed by atoms with Crippen LogP contribution >= 0.6 is 0 Å². The average Bonchev–Trinajstić information content (AvgIpc) is 1.59. The van der Waals surface area contributed by atoms with Gasteiger partial charge < -0.3 is 18.3 Å². The first-order valence-electron chi connectivity index (χ1n) is 37.6. The highest BCUT2D eigenvalue weighted by Gasteiger charge is 2.22. The smallest absolute Gasteiger partial charge is 0.180 e. The van der Waals surface area contributed by atoms with Gasteiger partial charge in [0.1, 0.15) is 11.4 Å². The Morgan fingerprint density at radius 1 is 0.152 bits per heavy atom. The molecule has 0 atom stereocenters. The second-order valence-electron chi connectivity index (χ2n) is 28.1. The van der Waals surface area contributed by atoms with Crippen LogP contribution in [0.1, 0.15) is 0 Å². The zero-order valence-electron chi connectivity index (χ0n) is 60.4. The number of para-hydroxylation sites is 6.